The topological polar surface area (TPSA) is 61.2 Å². The number of ether oxygens (including phenoxy) is 2. The Labute approximate surface area is 206 Å². The molecule has 34 heavy (non-hydrogen) atoms. The van der Waals surface area contributed by atoms with Gasteiger partial charge in [-0.05, 0) is 53.8 Å². The summed E-state index contributed by atoms with van der Waals surface area (Å²) in [7, 11) is 1.67. The number of para-hydroxylation sites is 1. The summed E-state index contributed by atoms with van der Waals surface area (Å²) in [5, 5.41) is 9.78. The molecule has 4 aromatic rings. The molecule has 3 heterocycles. The zero-order chi connectivity index (χ0) is 23.2. The Kier molecular flexibility index (Phi) is 5.23. The van der Waals surface area contributed by atoms with E-state index in [1.54, 1.807) is 7.11 Å². The third-order valence-corrected chi connectivity index (χ3v) is 6.94. The smallest absolute Gasteiger partial charge is 0.227 e. The van der Waals surface area contributed by atoms with Gasteiger partial charge >= 0.3 is 0 Å². The number of halogens is 1. The summed E-state index contributed by atoms with van der Waals surface area (Å²) in [4.78, 5) is 4.74. The molecule has 6 nitrogen and oxygen atoms in total. The Balaban J connectivity index is 1.61. The van der Waals surface area contributed by atoms with Crippen LogP contribution >= 0.6 is 23.4 Å². The van der Waals surface area contributed by atoms with Gasteiger partial charge < -0.3 is 14.8 Å². The summed E-state index contributed by atoms with van der Waals surface area (Å²) in [6.45, 7) is 0. The molecule has 1 aromatic heterocycles. The second-order valence-electron chi connectivity index (χ2n) is 8.04. The predicted octanol–water partition coefficient (Wildman–Crippen LogP) is 6.22. The van der Waals surface area contributed by atoms with Crippen molar-refractivity contribution in [2.24, 2.45) is 0 Å². The summed E-state index contributed by atoms with van der Waals surface area (Å²) < 4.78 is 14.0. The summed E-state index contributed by atoms with van der Waals surface area (Å²) >= 11 is 7.72. The highest BCUT2D eigenvalue weighted by Gasteiger charge is 2.41. The molecule has 2 aliphatic heterocycles. The average molecular weight is 489 g/mol. The predicted molar refractivity (Wildman–Crippen MR) is 135 cm³/mol. The molecule has 1 N–H and O–H groups in total. The molecule has 0 saturated heterocycles. The summed E-state index contributed by atoms with van der Waals surface area (Å²) in [5.74, 6) is 2.32. The van der Waals surface area contributed by atoms with Crippen LogP contribution in [0.3, 0.4) is 0 Å². The maximum atomic E-state index is 6.64. The lowest BCUT2D eigenvalue weighted by molar-refractivity contribution is 0.223. The van der Waals surface area contributed by atoms with Crippen molar-refractivity contribution in [3.63, 3.8) is 0 Å². The molecule has 2 aliphatic rings. The molecule has 0 fully saturated rings. The maximum Gasteiger partial charge on any atom is 0.227 e. The molecular weight excluding hydrogens is 468 g/mol. The van der Waals surface area contributed by atoms with Crippen molar-refractivity contribution in [2.75, 3.05) is 18.7 Å². The molecule has 3 aromatic carbocycles. The van der Waals surface area contributed by atoms with Crippen molar-refractivity contribution in [1.82, 2.24) is 14.8 Å². The number of nitrogens with one attached hydrogen (secondary N) is 1. The lowest BCUT2D eigenvalue weighted by atomic mass is 9.84. The number of benzene rings is 3. The minimum absolute atomic E-state index is 0.223. The van der Waals surface area contributed by atoms with E-state index in [0.29, 0.717) is 16.1 Å². The zero-order valence-electron chi connectivity index (χ0n) is 18.5. The summed E-state index contributed by atoms with van der Waals surface area (Å²) in [5.41, 5.74) is 5.14. The van der Waals surface area contributed by atoms with Gasteiger partial charge in [0.05, 0.1) is 12.8 Å². The normalized spacial score (nSPS) is 18.3. The molecule has 8 heteroatoms. The Bertz CT molecular complexity index is 1400. The Hall–Kier alpha value is -3.42. The standard InChI is InChI=1S/C26H21ClN4O2S/c1-32-18-13-9-15(10-14-18)23-21-22(28-25-29-26(34-2)30-31(23)25)19-5-3-4-6-20(19)33-24(21)16-7-11-17(27)12-8-16/h3-14,23-24H,1-2H3,(H,28,29,30)/t23-,24+/m0/s1. The first kappa shape index (κ1) is 21.1. The molecule has 170 valence electrons. The molecule has 0 amide bonds. The van der Waals surface area contributed by atoms with Gasteiger partial charge in [-0.3, -0.25) is 0 Å². The highest BCUT2D eigenvalue weighted by atomic mass is 35.5. The van der Waals surface area contributed by atoms with Gasteiger partial charge in [0, 0.05) is 16.2 Å². The van der Waals surface area contributed by atoms with Crippen LogP contribution in [0.5, 0.6) is 11.5 Å². The van der Waals surface area contributed by atoms with Crippen molar-refractivity contribution in [3.8, 4) is 11.5 Å². The number of nitrogens with zero attached hydrogens (tertiary/aromatic N) is 3. The van der Waals surface area contributed by atoms with E-state index in [2.05, 4.69) is 23.5 Å². The molecule has 0 radical (unpaired) electrons. The lowest BCUT2D eigenvalue weighted by Gasteiger charge is -2.39. The number of aromatic nitrogens is 3. The molecule has 0 saturated carbocycles. The Morgan fingerprint density at radius 1 is 1.00 bits per heavy atom. The van der Waals surface area contributed by atoms with Crippen molar-refractivity contribution in [3.05, 3.63) is 100 Å². The van der Waals surface area contributed by atoms with Crippen LogP contribution in [-0.2, 0) is 0 Å². The minimum atomic E-state index is -0.336. The van der Waals surface area contributed by atoms with E-state index in [0.717, 1.165) is 39.5 Å². The van der Waals surface area contributed by atoms with Crippen LogP contribution in [0.1, 0.15) is 28.8 Å². The van der Waals surface area contributed by atoms with Crippen LogP contribution < -0.4 is 14.8 Å². The number of anilines is 1. The van der Waals surface area contributed by atoms with Crippen LogP contribution in [0.2, 0.25) is 5.02 Å². The molecule has 0 bridgehead atoms. The fraction of sp³-hybridized carbons (Fsp3) is 0.154. The largest absolute Gasteiger partial charge is 0.497 e. The highest BCUT2D eigenvalue weighted by Crippen LogP contribution is 2.51. The lowest BCUT2D eigenvalue weighted by Crippen LogP contribution is -2.32. The number of methoxy groups -OCH3 is 1. The van der Waals surface area contributed by atoms with Gasteiger partial charge in [-0.1, -0.05) is 59.8 Å². The molecule has 2 atom stereocenters. The molecule has 6 rings (SSSR count). The van der Waals surface area contributed by atoms with E-state index >= 15 is 0 Å². The second-order valence-corrected chi connectivity index (χ2v) is 9.25. The van der Waals surface area contributed by atoms with E-state index in [1.807, 2.05) is 65.5 Å². The molecule has 0 aliphatic carbocycles. The summed E-state index contributed by atoms with van der Waals surface area (Å²) in [6.07, 6.45) is 1.64. The maximum absolute atomic E-state index is 6.64. The number of fused-ring (bicyclic) bond motifs is 3. The number of rotatable bonds is 4. The highest BCUT2D eigenvalue weighted by molar-refractivity contribution is 7.98. The van der Waals surface area contributed by atoms with Gasteiger partial charge in [-0.15, -0.1) is 5.10 Å². The van der Waals surface area contributed by atoms with Crippen molar-refractivity contribution < 1.29 is 9.47 Å². The zero-order valence-corrected chi connectivity index (χ0v) is 20.1. The first-order chi connectivity index (χ1) is 16.7. The van der Waals surface area contributed by atoms with E-state index in [9.17, 15) is 0 Å². The fourth-order valence-corrected chi connectivity index (χ4v) is 5.04. The Morgan fingerprint density at radius 3 is 2.47 bits per heavy atom. The van der Waals surface area contributed by atoms with E-state index in [4.69, 9.17) is 31.2 Å². The first-order valence-corrected chi connectivity index (χ1v) is 12.4. The van der Waals surface area contributed by atoms with E-state index in [1.165, 1.54) is 11.8 Å². The monoisotopic (exact) mass is 488 g/mol. The summed E-state index contributed by atoms with van der Waals surface area (Å²) in [6, 6.07) is 23.8. The van der Waals surface area contributed by atoms with Gasteiger partial charge in [0.1, 0.15) is 23.6 Å². The molecule has 0 spiro atoms. The Morgan fingerprint density at radius 2 is 1.74 bits per heavy atom. The molecular formula is C26H21ClN4O2S. The van der Waals surface area contributed by atoms with Crippen molar-refractivity contribution in [1.29, 1.82) is 0 Å². The average Bonchev–Trinajstić information content (AvgIpc) is 3.30. The number of thioether (sulfide) groups is 1. The van der Waals surface area contributed by atoms with Crippen LogP contribution in [-0.4, -0.2) is 28.1 Å². The van der Waals surface area contributed by atoms with Gasteiger partial charge in [-0.25, -0.2) is 4.68 Å². The van der Waals surface area contributed by atoms with Crippen LogP contribution in [0, 0.1) is 0 Å². The second kappa shape index (κ2) is 8.42. The first-order valence-electron chi connectivity index (χ1n) is 10.8. The number of hydrogen-bond donors (Lipinski definition) is 1. The van der Waals surface area contributed by atoms with Crippen LogP contribution in [0.4, 0.5) is 5.95 Å². The van der Waals surface area contributed by atoms with Gasteiger partial charge in [0.15, 0.2) is 0 Å². The SMILES string of the molecule is COc1ccc([C@H]2C3=C(Nc4nc(SC)nn42)c2ccccc2O[C@@H]3c2ccc(Cl)cc2)cc1. The minimum Gasteiger partial charge on any atom is -0.497 e. The van der Waals surface area contributed by atoms with E-state index in [-0.39, 0.29) is 12.1 Å². The van der Waals surface area contributed by atoms with E-state index < -0.39 is 0 Å². The van der Waals surface area contributed by atoms with Crippen molar-refractivity contribution >= 4 is 35.0 Å². The van der Waals surface area contributed by atoms with Gasteiger partial charge in [0.25, 0.3) is 0 Å². The third kappa shape index (κ3) is 3.43. The van der Waals surface area contributed by atoms with Crippen LogP contribution in [0.25, 0.3) is 5.70 Å². The fourth-order valence-electron chi connectivity index (χ4n) is 4.56. The molecule has 0 unspecified atom stereocenters. The van der Waals surface area contributed by atoms with Crippen LogP contribution in [0.15, 0.2) is 83.5 Å². The van der Waals surface area contributed by atoms with Crippen molar-refractivity contribution in [2.45, 2.75) is 17.3 Å². The quantitative estimate of drug-likeness (QED) is 0.344. The third-order valence-electron chi connectivity index (χ3n) is 6.15. The van der Waals surface area contributed by atoms with Gasteiger partial charge in [-0.2, -0.15) is 4.98 Å². The van der Waals surface area contributed by atoms with Gasteiger partial charge in [0.2, 0.25) is 11.1 Å². The number of hydrogen-bond acceptors (Lipinski definition) is 6.